The summed E-state index contributed by atoms with van der Waals surface area (Å²) in [6.07, 6.45) is 8.97. The quantitative estimate of drug-likeness (QED) is 0.882. The lowest BCUT2D eigenvalue weighted by Gasteiger charge is -2.45. The molecule has 0 radical (unpaired) electrons. The fourth-order valence-electron chi connectivity index (χ4n) is 4.12. The minimum absolute atomic E-state index is 0.0677. The van der Waals surface area contributed by atoms with Crippen molar-refractivity contribution in [2.24, 2.45) is 11.3 Å². The molecule has 0 unspecified atom stereocenters. The molecule has 114 valence electrons. The molecule has 0 heterocycles. The topological polar surface area (TPSA) is 49.3 Å². The van der Waals surface area contributed by atoms with Gasteiger partial charge in [0, 0.05) is 6.54 Å². The molecule has 0 saturated heterocycles. The van der Waals surface area contributed by atoms with Crippen molar-refractivity contribution in [1.82, 2.24) is 5.32 Å². The number of fused-ring (bicyclic) bond motifs is 2. The summed E-state index contributed by atoms with van der Waals surface area (Å²) in [6, 6.07) is 4.48. The Bertz CT molecular complexity index is 534. The van der Waals surface area contributed by atoms with Crippen molar-refractivity contribution in [3.8, 4) is 5.75 Å². The first kappa shape index (κ1) is 14.7. The van der Waals surface area contributed by atoms with Gasteiger partial charge in [0.15, 0.2) is 0 Å². The van der Waals surface area contributed by atoms with Gasteiger partial charge in [-0.2, -0.15) is 0 Å². The van der Waals surface area contributed by atoms with E-state index in [-0.39, 0.29) is 11.7 Å². The fraction of sp³-hybridized carbons (Fsp3) is 0.588. The number of halogens is 1. The third kappa shape index (κ3) is 3.18. The summed E-state index contributed by atoms with van der Waals surface area (Å²) in [4.78, 5) is 12.3. The SMILES string of the molecule is O=C(NCC12CCCC(CCC1)C2)c1cc(O)ccc1Cl. The Labute approximate surface area is 130 Å². The van der Waals surface area contributed by atoms with E-state index in [1.165, 1.54) is 57.1 Å². The number of amides is 1. The van der Waals surface area contributed by atoms with Gasteiger partial charge in [0.2, 0.25) is 0 Å². The number of phenolic OH excluding ortho intramolecular Hbond substituents is 1. The first-order chi connectivity index (χ1) is 10.1. The van der Waals surface area contributed by atoms with Gasteiger partial charge >= 0.3 is 0 Å². The molecule has 0 spiro atoms. The van der Waals surface area contributed by atoms with Crippen molar-refractivity contribution >= 4 is 17.5 Å². The highest BCUT2D eigenvalue weighted by Gasteiger charge is 2.39. The maximum atomic E-state index is 12.3. The number of carbonyl (C=O) groups excluding carboxylic acids is 1. The summed E-state index contributed by atoms with van der Waals surface area (Å²) in [5.41, 5.74) is 0.649. The van der Waals surface area contributed by atoms with E-state index in [4.69, 9.17) is 11.6 Å². The van der Waals surface area contributed by atoms with Crippen molar-refractivity contribution in [2.75, 3.05) is 6.54 Å². The number of benzene rings is 1. The number of hydrogen-bond donors (Lipinski definition) is 2. The van der Waals surface area contributed by atoms with E-state index in [1.54, 1.807) is 6.07 Å². The molecule has 2 aliphatic carbocycles. The van der Waals surface area contributed by atoms with Crippen LogP contribution >= 0.6 is 11.6 Å². The van der Waals surface area contributed by atoms with Crippen LogP contribution in [0.3, 0.4) is 0 Å². The van der Waals surface area contributed by atoms with Crippen LogP contribution < -0.4 is 5.32 Å². The standard InChI is InChI=1S/C17H22ClNO2/c18-15-6-5-13(20)9-14(15)16(21)19-11-17-7-1-3-12(10-17)4-2-8-17/h5-6,9,12,20H,1-4,7-8,10-11H2,(H,19,21). The van der Waals surface area contributed by atoms with Gasteiger partial charge in [-0.25, -0.2) is 0 Å². The van der Waals surface area contributed by atoms with Crippen LogP contribution in [0.5, 0.6) is 5.75 Å². The van der Waals surface area contributed by atoms with Crippen LogP contribution in [0.4, 0.5) is 0 Å². The lowest BCUT2D eigenvalue weighted by molar-refractivity contribution is 0.0681. The molecular weight excluding hydrogens is 286 g/mol. The number of rotatable bonds is 3. The van der Waals surface area contributed by atoms with Gasteiger partial charge in [0.1, 0.15) is 5.75 Å². The zero-order valence-electron chi connectivity index (χ0n) is 12.2. The number of aromatic hydroxyl groups is 1. The van der Waals surface area contributed by atoms with Crippen LogP contribution in [0.2, 0.25) is 5.02 Å². The second-order valence-corrected chi connectivity index (χ2v) is 7.11. The van der Waals surface area contributed by atoms with Gasteiger partial charge in [-0.15, -0.1) is 0 Å². The number of hydrogen-bond acceptors (Lipinski definition) is 2. The third-order valence-electron chi connectivity index (χ3n) is 5.18. The molecule has 4 heteroatoms. The summed E-state index contributed by atoms with van der Waals surface area (Å²) in [5, 5.41) is 12.9. The maximum Gasteiger partial charge on any atom is 0.252 e. The second-order valence-electron chi connectivity index (χ2n) is 6.70. The Hall–Kier alpha value is -1.22. The Morgan fingerprint density at radius 2 is 2.05 bits per heavy atom. The molecule has 2 aliphatic rings. The van der Waals surface area contributed by atoms with Crippen LogP contribution in [0.25, 0.3) is 0 Å². The zero-order valence-corrected chi connectivity index (χ0v) is 13.0. The second kappa shape index (κ2) is 5.88. The highest BCUT2D eigenvalue weighted by molar-refractivity contribution is 6.33. The highest BCUT2D eigenvalue weighted by Crippen LogP contribution is 2.48. The summed E-state index contributed by atoms with van der Waals surface area (Å²) >= 11 is 6.04. The van der Waals surface area contributed by atoms with Gasteiger partial charge < -0.3 is 10.4 Å². The van der Waals surface area contributed by atoms with Crippen molar-refractivity contribution in [1.29, 1.82) is 0 Å². The molecule has 3 rings (SSSR count). The van der Waals surface area contributed by atoms with Crippen molar-refractivity contribution in [2.45, 2.75) is 44.9 Å². The van der Waals surface area contributed by atoms with E-state index < -0.39 is 0 Å². The minimum atomic E-state index is -0.182. The van der Waals surface area contributed by atoms with Crippen LogP contribution in [0.1, 0.15) is 55.3 Å². The van der Waals surface area contributed by atoms with Gasteiger partial charge in [-0.05, 0) is 48.8 Å². The predicted octanol–water partition coefficient (Wildman–Crippen LogP) is 4.14. The zero-order chi connectivity index (χ0) is 14.9. The van der Waals surface area contributed by atoms with Crippen LogP contribution in [0, 0.1) is 11.3 Å². The first-order valence-corrected chi connectivity index (χ1v) is 8.23. The number of carbonyl (C=O) groups is 1. The fourth-order valence-corrected chi connectivity index (χ4v) is 4.32. The minimum Gasteiger partial charge on any atom is -0.508 e. The van der Waals surface area contributed by atoms with Crippen LogP contribution in [-0.4, -0.2) is 17.6 Å². The van der Waals surface area contributed by atoms with Crippen LogP contribution in [0.15, 0.2) is 18.2 Å². The lowest BCUT2D eigenvalue weighted by atomic mass is 9.62. The van der Waals surface area contributed by atoms with Crippen molar-refractivity contribution in [3.63, 3.8) is 0 Å². The normalized spacial score (nSPS) is 28.1. The molecule has 0 atom stereocenters. The maximum absolute atomic E-state index is 12.3. The molecule has 2 bridgehead atoms. The Kier molecular flexibility index (Phi) is 4.12. The van der Waals surface area contributed by atoms with Crippen molar-refractivity contribution in [3.05, 3.63) is 28.8 Å². The smallest absolute Gasteiger partial charge is 0.252 e. The molecule has 3 nitrogen and oxygen atoms in total. The molecular formula is C17H22ClNO2. The predicted molar refractivity (Wildman–Crippen MR) is 83.7 cm³/mol. The van der Waals surface area contributed by atoms with E-state index in [9.17, 15) is 9.90 Å². The van der Waals surface area contributed by atoms with E-state index in [0.717, 1.165) is 12.5 Å². The monoisotopic (exact) mass is 307 g/mol. The van der Waals surface area contributed by atoms with Gasteiger partial charge in [-0.1, -0.05) is 37.3 Å². The molecule has 2 N–H and O–H groups in total. The molecule has 0 aliphatic heterocycles. The number of phenols is 1. The molecule has 1 aromatic rings. The first-order valence-electron chi connectivity index (χ1n) is 7.85. The van der Waals surface area contributed by atoms with Crippen LogP contribution in [-0.2, 0) is 0 Å². The molecule has 0 aromatic heterocycles. The van der Waals surface area contributed by atoms with E-state index in [1.807, 2.05) is 0 Å². The van der Waals surface area contributed by atoms with E-state index >= 15 is 0 Å². The average Bonchev–Trinajstić information content (AvgIpc) is 2.47. The molecule has 2 saturated carbocycles. The molecule has 1 amide bonds. The van der Waals surface area contributed by atoms with Gasteiger partial charge in [-0.3, -0.25) is 4.79 Å². The lowest BCUT2D eigenvalue weighted by Crippen LogP contribution is -2.42. The molecule has 2 fully saturated rings. The third-order valence-corrected chi connectivity index (χ3v) is 5.51. The largest absolute Gasteiger partial charge is 0.508 e. The van der Waals surface area contributed by atoms with Gasteiger partial charge in [0.05, 0.1) is 10.6 Å². The van der Waals surface area contributed by atoms with Crippen molar-refractivity contribution < 1.29 is 9.90 Å². The van der Waals surface area contributed by atoms with E-state index in [0.29, 0.717) is 16.0 Å². The Morgan fingerprint density at radius 1 is 1.33 bits per heavy atom. The summed E-state index contributed by atoms with van der Waals surface area (Å²) < 4.78 is 0. The Balaban J connectivity index is 1.66. The summed E-state index contributed by atoms with van der Waals surface area (Å²) in [5.74, 6) is 0.741. The number of nitrogens with one attached hydrogen (secondary N) is 1. The summed E-state index contributed by atoms with van der Waals surface area (Å²) in [7, 11) is 0. The highest BCUT2D eigenvalue weighted by atomic mass is 35.5. The average molecular weight is 308 g/mol. The Morgan fingerprint density at radius 3 is 2.76 bits per heavy atom. The summed E-state index contributed by atoms with van der Waals surface area (Å²) in [6.45, 7) is 0.730. The molecule has 21 heavy (non-hydrogen) atoms. The van der Waals surface area contributed by atoms with E-state index in [2.05, 4.69) is 5.32 Å². The molecule has 1 aromatic carbocycles. The van der Waals surface area contributed by atoms with Gasteiger partial charge in [0.25, 0.3) is 5.91 Å².